The van der Waals surface area contributed by atoms with E-state index < -0.39 is 0 Å². The van der Waals surface area contributed by atoms with Crippen LogP contribution in [0.2, 0.25) is 0 Å². The summed E-state index contributed by atoms with van der Waals surface area (Å²) in [6, 6.07) is 19.9. The van der Waals surface area contributed by atoms with E-state index >= 15 is 0 Å². The van der Waals surface area contributed by atoms with Crippen molar-refractivity contribution in [3.05, 3.63) is 54.6 Å². The highest BCUT2D eigenvalue weighted by Crippen LogP contribution is 2.28. The van der Waals surface area contributed by atoms with E-state index in [-0.39, 0.29) is 0 Å². The molecule has 3 rings (SSSR count). The molecule has 180 valence electrons. The van der Waals surface area contributed by atoms with Gasteiger partial charge < -0.3 is 5.32 Å². The van der Waals surface area contributed by atoms with E-state index in [9.17, 15) is 0 Å². The standard InChI is InChI=1S/C32H47N/c1-2-3-4-5-6-7-8-9-10-11-12-13-14-15-16-19-25-33-32-24-20-23-30-26-28-21-17-18-22-29(28)27-31(30)32/h17-18,20-24,26-27,33H,2-16,19,25H2,1H3. The molecular weight excluding hydrogens is 398 g/mol. The van der Waals surface area contributed by atoms with E-state index in [1.165, 1.54) is 130 Å². The maximum atomic E-state index is 3.70. The van der Waals surface area contributed by atoms with E-state index in [1.54, 1.807) is 0 Å². The van der Waals surface area contributed by atoms with Crippen LogP contribution in [-0.2, 0) is 0 Å². The Labute approximate surface area is 203 Å². The van der Waals surface area contributed by atoms with Crippen molar-refractivity contribution in [2.45, 2.75) is 110 Å². The molecule has 0 unspecified atom stereocenters. The van der Waals surface area contributed by atoms with Gasteiger partial charge >= 0.3 is 0 Å². The fraction of sp³-hybridized carbons (Fsp3) is 0.562. The molecule has 0 amide bonds. The van der Waals surface area contributed by atoms with Gasteiger partial charge in [0.05, 0.1) is 0 Å². The average Bonchev–Trinajstić information content (AvgIpc) is 2.84. The lowest BCUT2D eigenvalue weighted by atomic mass is 10.0. The molecule has 3 aromatic rings. The second kappa shape index (κ2) is 15.8. The molecule has 1 heteroatoms. The maximum Gasteiger partial charge on any atom is 0.0420 e. The summed E-state index contributed by atoms with van der Waals surface area (Å²) in [5, 5.41) is 9.01. The van der Waals surface area contributed by atoms with E-state index in [1.807, 2.05) is 0 Å². The van der Waals surface area contributed by atoms with E-state index in [0.29, 0.717) is 0 Å². The van der Waals surface area contributed by atoms with Crippen molar-refractivity contribution in [2.24, 2.45) is 0 Å². The summed E-state index contributed by atoms with van der Waals surface area (Å²) >= 11 is 0. The summed E-state index contributed by atoms with van der Waals surface area (Å²) in [5.41, 5.74) is 1.28. The molecule has 0 aliphatic rings. The van der Waals surface area contributed by atoms with Gasteiger partial charge in [-0.15, -0.1) is 0 Å². The SMILES string of the molecule is CCCCCCCCCCCCCCCCCCNc1cccc2cc3ccccc3cc12. The summed E-state index contributed by atoms with van der Waals surface area (Å²) in [6.45, 7) is 3.37. The van der Waals surface area contributed by atoms with Gasteiger partial charge in [-0.2, -0.15) is 0 Å². The minimum Gasteiger partial charge on any atom is -0.385 e. The second-order valence-electron chi connectivity index (χ2n) is 9.96. The smallest absolute Gasteiger partial charge is 0.0420 e. The van der Waals surface area contributed by atoms with Crippen LogP contribution in [0.3, 0.4) is 0 Å². The number of fused-ring (bicyclic) bond motifs is 2. The number of nitrogens with one attached hydrogen (secondary N) is 1. The molecule has 0 radical (unpaired) electrons. The molecular formula is C32H47N. The van der Waals surface area contributed by atoms with Crippen LogP contribution in [0.25, 0.3) is 21.5 Å². The van der Waals surface area contributed by atoms with Gasteiger partial charge in [-0.05, 0) is 40.8 Å². The predicted octanol–water partition coefficient (Wildman–Crippen LogP) is 10.7. The Hall–Kier alpha value is -2.02. The number of anilines is 1. The summed E-state index contributed by atoms with van der Waals surface area (Å²) in [7, 11) is 0. The number of rotatable bonds is 18. The Morgan fingerprint density at radius 2 is 0.970 bits per heavy atom. The molecule has 0 atom stereocenters. The molecule has 1 N–H and O–H groups in total. The van der Waals surface area contributed by atoms with Gasteiger partial charge in [-0.3, -0.25) is 0 Å². The predicted molar refractivity (Wildman–Crippen MR) is 149 cm³/mol. The largest absolute Gasteiger partial charge is 0.385 e. The highest BCUT2D eigenvalue weighted by Gasteiger charge is 2.03. The molecule has 0 aromatic heterocycles. The summed E-state index contributed by atoms with van der Waals surface area (Å²) in [5.74, 6) is 0. The van der Waals surface area contributed by atoms with Crippen molar-refractivity contribution in [1.29, 1.82) is 0 Å². The normalized spacial score (nSPS) is 11.4. The Balaban J connectivity index is 1.19. The number of benzene rings is 3. The second-order valence-corrected chi connectivity index (χ2v) is 9.96. The lowest BCUT2D eigenvalue weighted by Gasteiger charge is -2.11. The van der Waals surface area contributed by atoms with Crippen molar-refractivity contribution in [1.82, 2.24) is 0 Å². The molecule has 0 aliphatic heterocycles. The zero-order valence-electron chi connectivity index (χ0n) is 21.2. The Morgan fingerprint density at radius 1 is 0.485 bits per heavy atom. The van der Waals surface area contributed by atoms with Crippen LogP contribution >= 0.6 is 0 Å². The van der Waals surface area contributed by atoms with Crippen LogP contribution in [0.15, 0.2) is 54.6 Å². The molecule has 0 aliphatic carbocycles. The van der Waals surface area contributed by atoms with Gasteiger partial charge in [0.1, 0.15) is 0 Å². The van der Waals surface area contributed by atoms with Crippen LogP contribution in [0, 0.1) is 0 Å². The third kappa shape index (κ3) is 9.40. The first-order valence-corrected chi connectivity index (χ1v) is 14.0. The van der Waals surface area contributed by atoms with Crippen molar-refractivity contribution in [2.75, 3.05) is 11.9 Å². The summed E-state index contributed by atoms with van der Waals surface area (Å²) in [4.78, 5) is 0. The van der Waals surface area contributed by atoms with Gasteiger partial charge in [-0.1, -0.05) is 140 Å². The van der Waals surface area contributed by atoms with Crippen LogP contribution in [-0.4, -0.2) is 6.54 Å². The molecule has 0 heterocycles. The minimum absolute atomic E-state index is 1.07. The lowest BCUT2D eigenvalue weighted by molar-refractivity contribution is 0.530. The summed E-state index contributed by atoms with van der Waals surface area (Å²) < 4.78 is 0. The van der Waals surface area contributed by atoms with E-state index in [0.717, 1.165) is 6.54 Å². The first kappa shape index (κ1) is 25.6. The maximum absolute atomic E-state index is 3.70. The number of hydrogen-bond donors (Lipinski definition) is 1. The number of unbranched alkanes of at least 4 members (excludes halogenated alkanes) is 15. The Morgan fingerprint density at radius 3 is 1.55 bits per heavy atom. The topological polar surface area (TPSA) is 12.0 Å². The van der Waals surface area contributed by atoms with Crippen LogP contribution in [0.1, 0.15) is 110 Å². The monoisotopic (exact) mass is 445 g/mol. The molecule has 0 saturated heterocycles. The minimum atomic E-state index is 1.07. The zero-order valence-corrected chi connectivity index (χ0v) is 21.2. The van der Waals surface area contributed by atoms with Crippen molar-refractivity contribution in [3.63, 3.8) is 0 Å². The van der Waals surface area contributed by atoms with Gasteiger partial charge in [0.15, 0.2) is 0 Å². The third-order valence-electron chi connectivity index (χ3n) is 7.09. The molecule has 33 heavy (non-hydrogen) atoms. The quantitative estimate of drug-likeness (QED) is 0.152. The average molecular weight is 446 g/mol. The van der Waals surface area contributed by atoms with E-state index in [2.05, 4.69) is 66.8 Å². The Bertz CT molecular complexity index is 913. The van der Waals surface area contributed by atoms with Crippen molar-refractivity contribution < 1.29 is 0 Å². The Kier molecular flexibility index (Phi) is 12.2. The zero-order chi connectivity index (χ0) is 23.0. The van der Waals surface area contributed by atoms with Gasteiger partial charge in [-0.25, -0.2) is 0 Å². The van der Waals surface area contributed by atoms with Crippen molar-refractivity contribution in [3.8, 4) is 0 Å². The van der Waals surface area contributed by atoms with Gasteiger partial charge in [0.25, 0.3) is 0 Å². The molecule has 0 spiro atoms. The van der Waals surface area contributed by atoms with Crippen LogP contribution < -0.4 is 5.32 Å². The molecule has 3 aromatic carbocycles. The lowest BCUT2D eigenvalue weighted by Crippen LogP contribution is -2.01. The molecule has 0 saturated carbocycles. The number of hydrogen-bond acceptors (Lipinski definition) is 1. The van der Waals surface area contributed by atoms with Gasteiger partial charge in [0, 0.05) is 17.6 Å². The third-order valence-corrected chi connectivity index (χ3v) is 7.09. The fourth-order valence-electron chi connectivity index (χ4n) is 5.02. The van der Waals surface area contributed by atoms with Crippen LogP contribution in [0.4, 0.5) is 5.69 Å². The molecule has 1 nitrogen and oxygen atoms in total. The first-order chi connectivity index (χ1) is 16.4. The molecule has 0 fully saturated rings. The van der Waals surface area contributed by atoms with Crippen LogP contribution in [0.5, 0.6) is 0 Å². The highest BCUT2D eigenvalue weighted by atomic mass is 14.9. The van der Waals surface area contributed by atoms with E-state index in [4.69, 9.17) is 0 Å². The first-order valence-electron chi connectivity index (χ1n) is 14.0. The summed E-state index contributed by atoms with van der Waals surface area (Å²) in [6.07, 6.45) is 22.8. The van der Waals surface area contributed by atoms with Gasteiger partial charge in [0.2, 0.25) is 0 Å². The fourth-order valence-corrected chi connectivity index (χ4v) is 5.02. The molecule has 0 bridgehead atoms. The van der Waals surface area contributed by atoms with Crippen molar-refractivity contribution >= 4 is 27.2 Å². The highest BCUT2D eigenvalue weighted by molar-refractivity contribution is 6.03.